The van der Waals surface area contributed by atoms with E-state index < -0.39 is 0 Å². The van der Waals surface area contributed by atoms with Crippen molar-refractivity contribution in [1.29, 1.82) is 0 Å². The van der Waals surface area contributed by atoms with Gasteiger partial charge in [0.1, 0.15) is 0 Å². The van der Waals surface area contributed by atoms with Crippen molar-refractivity contribution in [2.24, 2.45) is 0 Å². The molecule has 1 aromatic rings. The van der Waals surface area contributed by atoms with Gasteiger partial charge in [-0.2, -0.15) is 0 Å². The van der Waals surface area contributed by atoms with Gasteiger partial charge in [-0.05, 0) is 31.2 Å². The summed E-state index contributed by atoms with van der Waals surface area (Å²) in [6, 6.07) is 6.59. The Labute approximate surface area is 116 Å². The van der Waals surface area contributed by atoms with Crippen molar-refractivity contribution in [3.8, 4) is 0 Å². The van der Waals surface area contributed by atoms with E-state index >= 15 is 0 Å². The second kappa shape index (κ2) is 8.91. The molecular formula is C15H26N2O2. The highest BCUT2D eigenvalue weighted by molar-refractivity contribution is 5.54. The van der Waals surface area contributed by atoms with Crippen molar-refractivity contribution in [3.05, 3.63) is 29.3 Å². The van der Waals surface area contributed by atoms with Gasteiger partial charge in [-0.25, -0.2) is 0 Å². The van der Waals surface area contributed by atoms with E-state index in [0.717, 1.165) is 32.8 Å². The van der Waals surface area contributed by atoms with Crippen LogP contribution in [0, 0.1) is 6.92 Å². The van der Waals surface area contributed by atoms with Crippen molar-refractivity contribution < 1.29 is 9.47 Å². The second-order valence-corrected chi connectivity index (χ2v) is 4.62. The molecule has 4 heteroatoms. The van der Waals surface area contributed by atoms with Crippen LogP contribution in [0.25, 0.3) is 0 Å². The van der Waals surface area contributed by atoms with E-state index in [2.05, 4.69) is 35.3 Å². The number of hydrogen-bond acceptors (Lipinski definition) is 4. The summed E-state index contributed by atoms with van der Waals surface area (Å²) < 4.78 is 10.4. The summed E-state index contributed by atoms with van der Waals surface area (Å²) in [7, 11) is 5.43. The third-order valence-corrected chi connectivity index (χ3v) is 3.11. The zero-order valence-electron chi connectivity index (χ0n) is 12.5. The molecule has 0 spiro atoms. The molecule has 1 rings (SSSR count). The molecule has 1 N–H and O–H groups in total. The van der Waals surface area contributed by atoms with Crippen molar-refractivity contribution in [2.45, 2.75) is 13.5 Å². The molecule has 108 valence electrons. The Morgan fingerprint density at radius 1 is 1.11 bits per heavy atom. The number of benzene rings is 1. The summed E-state index contributed by atoms with van der Waals surface area (Å²) in [5, 5.41) is 3.17. The lowest BCUT2D eigenvalue weighted by atomic mass is 10.1. The van der Waals surface area contributed by atoms with Crippen molar-refractivity contribution in [2.75, 3.05) is 52.5 Å². The van der Waals surface area contributed by atoms with Gasteiger partial charge in [0, 0.05) is 39.5 Å². The molecule has 0 aliphatic heterocycles. The van der Waals surface area contributed by atoms with Crippen molar-refractivity contribution in [3.63, 3.8) is 0 Å². The van der Waals surface area contributed by atoms with Crippen LogP contribution < -0.4 is 10.2 Å². The Bertz CT molecular complexity index is 361. The van der Waals surface area contributed by atoms with Crippen molar-refractivity contribution >= 4 is 5.69 Å². The standard InChI is InChI=1S/C15H26N2O2/c1-13-11-14(12-16-2)5-6-15(13)17(7-9-18-3)8-10-19-4/h5-6,11,16H,7-10,12H2,1-4H3. The van der Waals surface area contributed by atoms with Crippen LogP contribution in [-0.4, -0.2) is 47.6 Å². The highest BCUT2D eigenvalue weighted by Crippen LogP contribution is 2.21. The van der Waals surface area contributed by atoms with Gasteiger partial charge in [0.15, 0.2) is 0 Å². The molecule has 1 aromatic carbocycles. The van der Waals surface area contributed by atoms with Crippen LogP contribution >= 0.6 is 0 Å². The highest BCUT2D eigenvalue weighted by Gasteiger charge is 2.09. The number of anilines is 1. The van der Waals surface area contributed by atoms with Crippen LogP contribution in [0.1, 0.15) is 11.1 Å². The van der Waals surface area contributed by atoms with Gasteiger partial charge in [0.05, 0.1) is 13.2 Å². The van der Waals surface area contributed by atoms with Gasteiger partial charge in [-0.1, -0.05) is 12.1 Å². The van der Waals surface area contributed by atoms with Crippen LogP contribution in [-0.2, 0) is 16.0 Å². The Hall–Kier alpha value is -1.10. The molecule has 0 amide bonds. The van der Waals surface area contributed by atoms with Crippen LogP contribution in [0.5, 0.6) is 0 Å². The average Bonchev–Trinajstić information content (AvgIpc) is 2.40. The first-order chi connectivity index (χ1) is 9.22. The largest absolute Gasteiger partial charge is 0.383 e. The number of rotatable bonds is 9. The van der Waals surface area contributed by atoms with Gasteiger partial charge in [0.2, 0.25) is 0 Å². The van der Waals surface area contributed by atoms with E-state index in [-0.39, 0.29) is 0 Å². The average molecular weight is 266 g/mol. The molecule has 0 bridgehead atoms. The van der Waals surface area contributed by atoms with Gasteiger partial charge in [-0.3, -0.25) is 0 Å². The smallest absolute Gasteiger partial charge is 0.0637 e. The number of nitrogens with zero attached hydrogens (tertiary/aromatic N) is 1. The van der Waals surface area contributed by atoms with E-state index in [1.165, 1.54) is 16.8 Å². The maximum absolute atomic E-state index is 5.18. The molecule has 0 heterocycles. The number of aryl methyl sites for hydroxylation is 1. The lowest BCUT2D eigenvalue weighted by molar-refractivity contribution is 0.190. The van der Waals surface area contributed by atoms with Crippen LogP contribution in [0.3, 0.4) is 0 Å². The van der Waals surface area contributed by atoms with E-state index in [1.807, 2.05) is 7.05 Å². The normalized spacial score (nSPS) is 10.7. The lowest BCUT2D eigenvalue weighted by Crippen LogP contribution is -2.31. The molecule has 0 radical (unpaired) electrons. The molecule has 0 atom stereocenters. The number of nitrogens with one attached hydrogen (secondary N) is 1. The number of ether oxygens (including phenoxy) is 2. The minimum absolute atomic E-state index is 0.724. The van der Waals surface area contributed by atoms with Gasteiger partial charge < -0.3 is 19.7 Å². The van der Waals surface area contributed by atoms with Crippen LogP contribution in [0.2, 0.25) is 0 Å². The zero-order valence-corrected chi connectivity index (χ0v) is 12.5. The van der Waals surface area contributed by atoms with Crippen LogP contribution in [0.4, 0.5) is 5.69 Å². The topological polar surface area (TPSA) is 33.7 Å². The highest BCUT2D eigenvalue weighted by atomic mass is 16.5. The molecule has 0 saturated heterocycles. The fourth-order valence-electron chi connectivity index (χ4n) is 2.14. The fourth-order valence-corrected chi connectivity index (χ4v) is 2.14. The predicted molar refractivity (Wildman–Crippen MR) is 79.9 cm³/mol. The van der Waals surface area contributed by atoms with E-state index in [0.29, 0.717) is 0 Å². The molecule has 0 unspecified atom stereocenters. The summed E-state index contributed by atoms with van der Waals surface area (Å²) in [4.78, 5) is 2.31. The first-order valence-corrected chi connectivity index (χ1v) is 6.70. The van der Waals surface area contributed by atoms with Gasteiger partial charge in [0.25, 0.3) is 0 Å². The molecule has 0 fully saturated rings. The summed E-state index contributed by atoms with van der Waals surface area (Å²) in [5.74, 6) is 0. The Morgan fingerprint density at radius 2 is 1.74 bits per heavy atom. The molecular weight excluding hydrogens is 240 g/mol. The first kappa shape index (κ1) is 16.0. The summed E-state index contributed by atoms with van der Waals surface area (Å²) in [6.45, 7) is 6.26. The maximum atomic E-state index is 5.18. The Balaban J connectivity index is 2.81. The van der Waals surface area contributed by atoms with E-state index in [4.69, 9.17) is 9.47 Å². The third kappa shape index (κ3) is 5.19. The van der Waals surface area contributed by atoms with Crippen LogP contribution in [0.15, 0.2) is 18.2 Å². The molecule has 0 aromatic heterocycles. The molecule has 19 heavy (non-hydrogen) atoms. The monoisotopic (exact) mass is 266 g/mol. The Morgan fingerprint density at radius 3 is 2.21 bits per heavy atom. The fraction of sp³-hybridized carbons (Fsp3) is 0.600. The summed E-state index contributed by atoms with van der Waals surface area (Å²) >= 11 is 0. The number of methoxy groups -OCH3 is 2. The van der Waals surface area contributed by atoms with Crippen molar-refractivity contribution in [1.82, 2.24) is 5.32 Å². The third-order valence-electron chi connectivity index (χ3n) is 3.11. The minimum atomic E-state index is 0.724. The van der Waals surface area contributed by atoms with E-state index in [9.17, 15) is 0 Å². The SMILES string of the molecule is CNCc1ccc(N(CCOC)CCOC)c(C)c1. The summed E-state index contributed by atoms with van der Waals surface area (Å²) in [5.41, 5.74) is 3.86. The maximum Gasteiger partial charge on any atom is 0.0637 e. The first-order valence-electron chi connectivity index (χ1n) is 6.70. The molecule has 0 saturated carbocycles. The Kier molecular flexibility index (Phi) is 7.48. The second-order valence-electron chi connectivity index (χ2n) is 4.62. The lowest BCUT2D eigenvalue weighted by Gasteiger charge is -2.26. The quantitative estimate of drug-likeness (QED) is 0.739. The summed E-state index contributed by atoms with van der Waals surface area (Å²) in [6.07, 6.45) is 0. The predicted octanol–water partition coefficient (Wildman–Crippen LogP) is 1.81. The minimum Gasteiger partial charge on any atom is -0.383 e. The van der Waals surface area contributed by atoms with E-state index in [1.54, 1.807) is 14.2 Å². The molecule has 4 nitrogen and oxygen atoms in total. The molecule has 0 aliphatic rings. The number of hydrogen-bond donors (Lipinski definition) is 1. The van der Waals surface area contributed by atoms with Gasteiger partial charge >= 0.3 is 0 Å². The molecule has 0 aliphatic carbocycles. The van der Waals surface area contributed by atoms with Gasteiger partial charge in [-0.15, -0.1) is 0 Å². The zero-order chi connectivity index (χ0) is 14.1.